The third-order valence-electron chi connectivity index (χ3n) is 3.35. The number of hydrogen-bond donors (Lipinski definition) is 2. The van der Waals surface area contributed by atoms with Crippen LogP contribution in [0.15, 0.2) is 6.07 Å². The summed E-state index contributed by atoms with van der Waals surface area (Å²) in [4.78, 5) is 11.1. The molecule has 0 bridgehead atoms. The number of hydrogen-bond acceptors (Lipinski definition) is 3. The number of rotatable bonds is 5. The number of nitrogens with two attached hydrogens (primary N) is 1. The Morgan fingerprint density at radius 3 is 2.56 bits per heavy atom. The van der Waals surface area contributed by atoms with Gasteiger partial charge < -0.3 is 4.74 Å². The fourth-order valence-corrected chi connectivity index (χ4v) is 2.23. The van der Waals surface area contributed by atoms with Gasteiger partial charge in [-0.1, -0.05) is 6.07 Å². The molecule has 4 nitrogen and oxygen atoms in total. The Hall–Kier alpha value is -1.55. The van der Waals surface area contributed by atoms with Gasteiger partial charge in [0.05, 0.1) is 7.11 Å². The molecule has 0 fully saturated rings. The zero-order chi connectivity index (χ0) is 13.7. The third-order valence-corrected chi connectivity index (χ3v) is 3.35. The lowest BCUT2D eigenvalue weighted by molar-refractivity contribution is -0.121. The number of benzene rings is 1. The van der Waals surface area contributed by atoms with Crippen LogP contribution in [-0.4, -0.2) is 13.0 Å². The van der Waals surface area contributed by atoms with E-state index in [1.54, 1.807) is 7.11 Å². The van der Waals surface area contributed by atoms with E-state index in [4.69, 9.17) is 10.6 Å². The highest BCUT2D eigenvalue weighted by Crippen LogP contribution is 2.29. The van der Waals surface area contributed by atoms with Crippen molar-refractivity contribution in [1.82, 2.24) is 5.43 Å². The number of ether oxygens (including phenoxy) is 1. The molecule has 0 heterocycles. The van der Waals surface area contributed by atoms with E-state index in [0.717, 1.165) is 24.2 Å². The van der Waals surface area contributed by atoms with Gasteiger partial charge in [0.2, 0.25) is 5.91 Å². The molecule has 0 saturated heterocycles. The van der Waals surface area contributed by atoms with Crippen molar-refractivity contribution in [3.8, 4) is 5.75 Å². The number of carbonyl (C=O) groups excluding carboxylic acids is 1. The summed E-state index contributed by atoms with van der Waals surface area (Å²) in [6, 6.07) is 2.14. The van der Waals surface area contributed by atoms with Crippen LogP contribution in [0.3, 0.4) is 0 Å². The fourth-order valence-electron chi connectivity index (χ4n) is 2.23. The molecule has 18 heavy (non-hydrogen) atoms. The number of carbonyl (C=O) groups is 1. The maximum Gasteiger partial charge on any atom is 0.233 e. The first-order chi connectivity index (χ1) is 8.51. The minimum atomic E-state index is -0.116. The van der Waals surface area contributed by atoms with Gasteiger partial charge in [-0.15, -0.1) is 0 Å². The highest BCUT2D eigenvalue weighted by Gasteiger charge is 2.10. The van der Waals surface area contributed by atoms with E-state index >= 15 is 0 Å². The SMILES string of the molecule is COc1c(C)cc(CCCC(=O)NN)c(C)c1C. The molecule has 0 radical (unpaired) electrons. The lowest BCUT2D eigenvalue weighted by Crippen LogP contribution is -2.29. The first-order valence-corrected chi connectivity index (χ1v) is 6.14. The summed E-state index contributed by atoms with van der Waals surface area (Å²) in [5, 5.41) is 0. The average molecular weight is 250 g/mol. The van der Waals surface area contributed by atoms with Crippen LogP contribution in [0.1, 0.15) is 35.1 Å². The zero-order valence-electron chi connectivity index (χ0n) is 11.6. The smallest absolute Gasteiger partial charge is 0.233 e. The van der Waals surface area contributed by atoms with E-state index < -0.39 is 0 Å². The number of methoxy groups -OCH3 is 1. The maximum atomic E-state index is 11.1. The van der Waals surface area contributed by atoms with Crippen molar-refractivity contribution >= 4 is 5.91 Å². The third kappa shape index (κ3) is 3.23. The summed E-state index contributed by atoms with van der Waals surface area (Å²) in [6.45, 7) is 6.20. The first-order valence-electron chi connectivity index (χ1n) is 6.14. The van der Waals surface area contributed by atoms with Gasteiger partial charge in [0.1, 0.15) is 5.75 Å². The van der Waals surface area contributed by atoms with E-state index in [9.17, 15) is 4.79 Å². The lowest BCUT2D eigenvalue weighted by atomic mass is 9.95. The predicted octanol–water partition coefficient (Wildman–Crippen LogP) is 1.93. The highest BCUT2D eigenvalue weighted by atomic mass is 16.5. The van der Waals surface area contributed by atoms with E-state index in [1.165, 1.54) is 16.7 Å². The molecule has 0 aromatic heterocycles. The Kier molecular flexibility index (Phi) is 5.16. The van der Waals surface area contributed by atoms with Crippen molar-refractivity contribution < 1.29 is 9.53 Å². The van der Waals surface area contributed by atoms with Crippen LogP contribution < -0.4 is 16.0 Å². The number of amides is 1. The molecule has 4 heteroatoms. The van der Waals surface area contributed by atoms with E-state index in [-0.39, 0.29) is 5.91 Å². The number of aryl methyl sites for hydroxylation is 2. The Bertz CT molecular complexity index is 442. The monoisotopic (exact) mass is 250 g/mol. The lowest BCUT2D eigenvalue weighted by Gasteiger charge is -2.15. The van der Waals surface area contributed by atoms with Crippen LogP contribution in [0.5, 0.6) is 5.75 Å². The standard InChI is InChI=1S/C14H22N2O2/c1-9-8-12(6-5-7-13(17)16-15)10(2)11(3)14(9)18-4/h8H,5-7,15H2,1-4H3,(H,16,17). The zero-order valence-corrected chi connectivity index (χ0v) is 11.6. The van der Waals surface area contributed by atoms with Crippen LogP contribution in [-0.2, 0) is 11.2 Å². The predicted molar refractivity (Wildman–Crippen MR) is 72.5 cm³/mol. The maximum absolute atomic E-state index is 11.1. The molecule has 0 spiro atoms. The summed E-state index contributed by atoms with van der Waals surface area (Å²) >= 11 is 0. The summed E-state index contributed by atoms with van der Waals surface area (Å²) in [7, 11) is 1.69. The molecule has 0 aliphatic rings. The van der Waals surface area contributed by atoms with E-state index in [0.29, 0.717) is 6.42 Å². The number of hydrazine groups is 1. The molecule has 0 aliphatic heterocycles. The molecule has 0 unspecified atom stereocenters. The summed E-state index contributed by atoms with van der Waals surface area (Å²) < 4.78 is 5.39. The van der Waals surface area contributed by atoms with Gasteiger partial charge in [-0.2, -0.15) is 0 Å². The van der Waals surface area contributed by atoms with Crippen molar-refractivity contribution in [2.24, 2.45) is 5.84 Å². The molecule has 1 amide bonds. The molecule has 1 aromatic carbocycles. The van der Waals surface area contributed by atoms with Crippen LogP contribution in [0, 0.1) is 20.8 Å². The molecular formula is C14H22N2O2. The second kappa shape index (κ2) is 6.40. The van der Waals surface area contributed by atoms with Crippen molar-refractivity contribution in [1.29, 1.82) is 0 Å². The molecular weight excluding hydrogens is 228 g/mol. The van der Waals surface area contributed by atoms with E-state index in [2.05, 4.69) is 25.3 Å². The Morgan fingerprint density at radius 1 is 1.33 bits per heavy atom. The van der Waals surface area contributed by atoms with Crippen molar-refractivity contribution in [2.45, 2.75) is 40.0 Å². The van der Waals surface area contributed by atoms with Gasteiger partial charge in [0.25, 0.3) is 0 Å². The fraction of sp³-hybridized carbons (Fsp3) is 0.500. The van der Waals surface area contributed by atoms with Gasteiger partial charge in [-0.3, -0.25) is 10.2 Å². The van der Waals surface area contributed by atoms with Crippen LogP contribution >= 0.6 is 0 Å². The summed E-state index contributed by atoms with van der Waals surface area (Å²) in [5.41, 5.74) is 6.98. The summed E-state index contributed by atoms with van der Waals surface area (Å²) in [6.07, 6.45) is 2.14. The van der Waals surface area contributed by atoms with Crippen molar-refractivity contribution in [2.75, 3.05) is 7.11 Å². The van der Waals surface area contributed by atoms with Gasteiger partial charge in [-0.25, -0.2) is 5.84 Å². The minimum absolute atomic E-state index is 0.116. The largest absolute Gasteiger partial charge is 0.496 e. The average Bonchev–Trinajstić information content (AvgIpc) is 2.35. The molecule has 0 aliphatic carbocycles. The quantitative estimate of drug-likeness (QED) is 0.477. The van der Waals surface area contributed by atoms with Gasteiger partial charge in [-0.05, 0) is 55.9 Å². The van der Waals surface area contributed by atoms with Crippen molar-refractivity contribution in [3.05, 3.63) is 28.3 Å². The number of nitrogens with one attached hydrogen (secondary N) is 1. The molecule has 0 saturated carbocycles. The van der Waals surface area contributed by atoms with Gasteiger partial charge >= 0.3 is 0 Å². The molecule has 1 aromatic rings. The molecule has 100 valence electrons. The topological polar surface area (TPSA) is 64.3 Å². The first kappa shape index (κ1) is 14.5. The van der Waals surface area contributed by atoms with Gasteiger partial charge in [0.15, 0.2) is 0 Å². The second-order valence-corrected chi connectivity index (χ2v) is 4.56. The minimum Gasteiger partial charge on any atom is -0.496 e. The van der Waals surface area contributed by atoms with Crippen LogP contribution in [0.2, 0.25) is 0 Å². The highest BCUT2D eigenvalue weighted by molar-refractivity contribution is 5.75. The second-order valence-electron chi connectivity index (χ2n) is 4.56. The van der Waals surface area contributed by atoms with Gasteiger partial charge in [0, 0.05) is 6.42 Å². The molecule has 1 rings (SSSR count). The van der Waals surface area contributed by atoms with E-state index in [1.807, 2.05) is 6.92 Å². The van der Waals surface area contributed by atoms with Crippen molar-refractivity contribution in [3.63, 3.8) is 0 Å². The Balaban J connectivity index is 2.81. The molecule has 0 atom stereocenters. The Labute approximate surface area is 108 Å². The molecule has 3 N–H and O–H groups in total. The van der Waals surface area contributed by atoms with Crippen LogP contribution in [0.25, 0.3) is 0 Å². The summed E-state index contributed by atoms with van der Waals surface area (Å²) in [5.74, 6) is 5.89. The Morgan fingerprint density at radius 2 is 2.00 bits per heavy atom. The van der Waals surface area contributed by atoms with Crippen LogP contribution in [0.4, 0.5) is 0 Å². The normalized spacial score (nSPS) is 10.3.